The molecular formula is C12H16ClN3S. The van der Waals surface area contributed by atoms with Crippen molar-refractivity contribution in [2.45, 2.75) is 33.2 Å². The lowest BCUT2D eigenvalue weighted by Gasteiger charge is -2.15. The van der Waals surface area contributed by atoms with Crippen LogP contribution in [0.3, 0.4) is 0 Å². The summed E-state index contributed by atoms with van der Waals surface area (Å²) in [5.41, 5.74) is 1.26. The van der Waals surface area contributed by atoms with Crippen LogP contribution in [0.1, 0.15) is 23.8 Å². The lowest BCUT2D eigenvalue weighted by atomic mass is 10.2. The zero-order valence-electron chi connectivity index (χ0n) is 10.2. The van der Waals surface area contributed by atoms with Crippen LogP contribution in [0.4, 0.5) is 5.82 Å². The highest BCUT2D eigenvalue weighted by Gasteiger charge is 2.13. The highest BCUT2D eigenvalue weighted by Crippen LogP contribution is 2.32. The standard InChI is InChI=1S/C12H16ClN3S/c1-4-9(5-13)16-11-10-7(2)8(3)17-12(10)15-6-14-11/h6,9H,4-5H2,1-3H3,(H,14,15,16). The number of fused-ring (bicyclic) bond motifs is 1. The molecule has 0 aromatic carbocycles. The minimum absolute atomic E-state index is 0.259. The Morgan fingerprint density at radius 2 is 2.18 bits per heavy atom. The second-order valence-electron chi connectivity index (χ2n) is 4.09. The number of hydrogen-bond donors (Lipinski definition) is 1. The van der Waals surface area contributed by atoms with Crippen LogP contribution in [0.5, 0.6) is 0 Å². The summed E-state index contributed by atoms with van der Waals surface area (Å²) in [6, 6.07) is 0.259. The number of aryl methyl sites for hydroxylation is 2. The third-order valence-electron chi connectivity index (χ3n) is 2.99. The number of nitrogens with zero attached hydrogens (tertiary/aromatic N) is 2. The van der Waals surface area contributed by atoms with Crippen LogP contribution in [-0.4, -0.2) is 21.9 Å². The maximum atomic E-state index is 5.91. The lowest BCUT2D eigenvalue weighted by molar-refractivity contribution is 0.766. The van der Waals surface area contributed by atoms with E-state index in [0.717, 1.165) is 22.5 Å². The van der Waals surface area contributed by atoms with Gasteiger partial charge in [-0.05, 0) is 25.8 Å². The van der Waals surface area contributed by atoms with E-state index >= 15 is 0 Å². The number of rotatable bonds is 4. The van der Waals surface area contributed by atoms with Gasteiger partial charge in [-0.2, -0.15) is 0 Å². The molecule has 2 aromatic heterocycles. The van der Waals surface area contributed by atoms with Gasteiger partial charge in [0.1, 0.15) is 17.0 Å². The molecule has 0 saturated heterocycles. The van der Waals surface area contributed by atoms with Crippen molar-refractivity contribution in [3.05, 3.63) is 16.8 Å². The molecule has 92 valence electrons. The van der Waals surface area contributed by atoms with Crippen molar-refractivity contribution in [3.63, 3.8) is 0 Å². The van der Waals surface area contributed by atoms with Gasteiger partial charge in [0.25, 0.3) is 0 Å². The summed E-state index contributed by atoms with van der Waals surface area (Å²) in [5.74, 6) is 1.49. The van der Waals surface area contributed by atoms with E-state index in [4.69, 9.17) is 11.6 Å². The summed E-state index contributed by atoms with van der Waals surface area (Å²) in [6.45, 7) is 6.35. The predicted molar refractivity (Wildman–Crippen MR) is 75.3 cm³/mol. The van der Waals surface area contributed by atoms with Gasteiger partial charge in [-0.1, -0.05) is 6.92 Å². The molecule has 0 amide bonds. The third kappa shape index (κ3) is 2.38. The molecule has 1 N–H and O–H groups in total. The molecular weight excluding hydrogens is 254 g/mol. The number of thiophene rings is 1. The Kier molecular flexibility index (Phi) is 3.84. The smallest absolute Gasteiger partial charge is 0.138 e. The second kappa shape index (κ2) is 5.19. The lowest BCUT2D eigenvalue weighted by Crippen LogP contribution is -2.21. The Hall–Kier alpha value is -0.870. The van der Waals surface area contributed by atoms with Crippen LogP contribution in [0, 0.1) is 13.8 Å². The van der Waals surface area contributed by atoms with Gasteiger partial charge in [0.15, 0.2) is 0 Å². The van der Waals surface area contributed by atoms with E-state index in [2.05, 4.69) is 36.1 Å². The summed E-state index contributed by atoms with van der Waals surface area (Å²) >= 11 is 7.62. The summed E-state index contributed by atoms with van der Waals surface area (Å²) in [7, 11) is 0. The summed E-state index contributed by atoms with van der Waals surface area (Å²) in [6.07, 6.45) is 2.60. The van der Waals surface area contributed by atoms with Crippen LogP contribution >= 0.6 is 22.9 Å². The molecule has 2 rings (SSSR count). The van der Waals surface area contributed by atoms with Gasteiger partial charge in [0.05, 0.1) is 5.39 Å². The normalized spacial score (nSPS) is 12.9. The van der Waals surface area contributed by atoms with Gasteiger partial charge in [-0.25, -0.2) is 9.97 Å². The van der Waals surface area contributed by atoms with Gasteiger partial charge in [-0.3, -0.25) is 0 Å². The Bertz CT molecular complexity index is 520. The van der Waals surface area contributed by atoms with Gasteiger partial charge in [0.2, 0.25) is 0 Å². The first-order valence-electron chi connectivity index (χ1n) is 5.70. The van der Waals surface area contributed by atoms with Crippen molar-refractivity contribution in [1.82, 2.24) is 9.97 Å². The third-order valence-corrected chi connectivity index (χ3v) is 4.47. The average molecular weight is 270 g/mol. The second-order valence-corrected chi connectivity index (χ2v) is 5.60. The molecule has 0 bridgehead atoms. The van der Waals surface area contributed by atoms with Gasteiger partial charge >= 0.3 is 0 Å². The molecule has 17 heavy (non-hydrogen) atoms. The van der Waals surface area contributed by atoms with Crippen molar-refractivity contribution in [1.29, 1.82) is 0 Å². The molecule has 0 saturated carbocycles. The van der Waals surface area contributed by atoms with Crippen LogP contribution in [0.2, 0.25) is 0 Å². The first-order valence-corrected chi connectivity index (χ1v) is 7.05. The molecule has 0 aliphatic carbocycles. The van der Waals surface area contributed by atoms with Crippen molar-refractivity contribution < 1.29 is 0 Å². The van der Waals surface area contributed by atoms with E-state index in [1.165, 1.54) is 10.4 Å². The fraction of sp³-hybridized carbons (Fsp3) is 0.500. The van der Waals surface area contributed by atoms with Gasteiger partial charge in [-0.15, -0.1) is 22.9 Å². The van der Waals surface area contributed by atoms with Crippen molar-refractivity contribution in [2.75, 3.05) is 11.2 Å². The fourth-order valence-electron chi connectivity index (χ4n) is 1.73. The van der Waals surface area contributed by atoms with E-state index in [1.807, 2.05) is 0 Å². The molecule has 0 spiro atoms. The number of nitrogens with one attached hydrogen (secondary N) is 1. The fourth-order valence-corrected chi connectivity index (χ4v) is 3.03. The number of hydrogen-bond acceptors (Lipinski definition) is 4. The SMILES string of the molecule is CCC(CCl)Nc1ncnc2sc(C)c(C)c12. The molecule has 0 fully saturated rings. The van der Waals surface area contributed by atoms with Gasteiger partial charge < -0.3 is 5.32 Å². The van der Waals surface area contributed by atoms with Crippen molar-refractivity contribution in [2.24, 2.45) is 0 Å². The van der Waals surface area contributed by atoms with E-state index in [9.17, 15) is 0 Å². The van der Waals surface area contributed by atoms with E-state index in [0.29, 0.717) is 5.88 Å². The molecule has 2 aromatic rings. The number of halogens is 1. The van der Waals surface area contributed by atoms with Crippen molar-refractivity contribution in [3.8, 4) is 0 Å². The van der Waals surface area contributed by atoms with Crippen molar-refractivity contribution >= 4 is 39.0 Å². The molecule has 2 heterocycles. The molecule has 3 nitrogen and oxygen atoms in total. The van der Waals surface area contributed by atoms with Crippen LogP contribution in [-0.2, 0) is 0 Å². The predicted octanol–water partition coefficient (Wildman–Crippen LogP) is 3.74. The largest absolute Gasteiger partial charge is 0.366 e. The Balaban J connectivity index is 2.46. The molecule has 5 heteroatoms. The number of anilines is 1. The molecule has 0 aliphatic rings. The Labute approximate surface area is 110 Å². The first kappa shape index (κ1) is 12.6. The summed E-state index contributed by atoms with van der Waals surface area (Å²) < 4.78 is 0. The minimum atomic E-state index is 0.259. The Morgan fingerprint density at radius 3 is 2.82 bits per heavy atom. The average Bonchev–Trinajstić information content (AvgIpc) is 2.63. The molecule has 0 aliphatic heterocycles. The first-order chi connectivity index (χ1) is 8.17. The highest BCUT2D eigenvalue weighted by atomic mass is 35.5. The van der Waals surface area contributed by atoms with E-state index < -0.39 is 0 Å². The molecule has 1 atom stereocenters. The molecule has 1 unspecified atom stereocenters. The van der Waals surface area contributed by atoms with Crippen LogP contribution in [0.15, 0.2) is 6.33 Å². The van der Waals surface area contributed by atoms with E-state index in [1.54, 1.807) is 17.7 Å². The summed E-state index contributed by atoms with van der Waals surface area (Å²) in [4.78, 5) is 11.0. The number of aromatic nitrogens is 2. The highest BCUT2D eigenvalue weighted by molar-refractivity contribution is 7.18. The van der Waals surface area contributed by atoms with Gasteiger partial charge in [0, 0.05) is 16.8 Å². The van der Waals surface area contributed by atoms with Crippen LogP contribution < -0.4 is 5.32 Å². The van der Waals surface area contributed by atoms with Crippen LogP contribution in [0.25, 0.3) is 10.2 Å². The minimum Gasteiger partial charge on any atom is -0.366 e. The van der Waals surface area contributed by atoms with E-state index in [-0.39, 0.29) is 6.04 Å². The maximum Gasteiger partial charge on any atom is 0.138 e. The zero-order valence-corrected chi connectivity index (χ0v) is 11.8. The maximum absolute atomic E-state index is 5.91. The molecule has 0 radical (unpaired) electrons. The summed E-state index contributed by atoms with van der Waals surface area (Å²) in [5, 5.41) is 4.54. The quantitative estimate of drug-likeness (QED) is 0.860. The topological polar surface area (TPSA) is 37.8 Å². The monoisotopic (exact) mass is 269 g/mol. The Morgan fingerprint density at radius 1 is 1.41 bits per heavy atom. The number of alkyl halides is 1. The zero-order chi connectivity index (χ0) is 12.4.